The molecule has 1 fully saturated rings. The minimum atomic E-state index is -5.01. The van der Waals surface area contributed by atoms with E-state index >= 15 is 0 Å². The second-order valence-electron chi connectivity index (χ2n) is 10.5. The van der Waals surface area contributed by atoms with Crippen molar-refractivity contribution in [3.63, 3.8) is 0 Å². The standard InChI is InChI=1S/C27H27F6N5O/c1-25(2,37-13-11-26(29,30)16-37)10-8-18-15-38(23-9-12-36(3)35-23)24-19(18)5-6-21(34-24)17-4-7-22(20(28)14-17)39-27(31,32)33/h4-7,9,12,14-15H,8,10-11,13,16H2,1-3H3. The van der Waals surface area contributed by atoms with Crippen LogP contribution in [0.1, 0.15) is 32.3 Å². The Bertz CT molecular complexity index is 1510. The van der Waals surface area contributed by atoms with E-state index in [0.717, 1.165) is 23.1 Å². The summed E-state index contributed by atoms with van der Waals surface area (Å²) < 4.78 is 86.9. The molecule has 6 nitrogen and oxygen atoms in total. The molecule has 0 N–H and O–H groups in total. The van der Waals surface area contributed by atoms with E-state index in [-0.39, 0.29) is 18.5 Å². The molecule has 0 amide bonds. The van der Waals surface area contributed by atoms with E-state index in [9.17, 15) is 26.3 Å². The van der Waals surface area contributed by atoms with Crippen molar-refractivity contribution in [2.45, 2.75) is 50.9 Å². The Kier molecular flexibility index (Phi) is 6.64. The first-order valence-corrected chi connectivity index (χ1v) is 12.4. The Labute approximate surface area is 220 Å². The molecule has 1 saturated heterocycles. The molecule has 4 heterocycles. The molecular weight excluding hydrogens is 524 g/mol. The molecule has 0 bridgehead atoms. The molecule has 12 heteroatoms. The van der Waals surface area contributed by atoms with Crippen LogP contribution >= 0.6 is 0 Å². The minimum absolute atomic E-state index is 0.147. The van der Waals surface area contributed by atoms with E-state index < -0.39 is 29.4 Å². The largest absolute Gasteiger partial charge is 0.573 e. The fourth-order valence-electron chi connectivity index (χ4n) is 4.95. The van der Waals surface area contributed by atoms with Crippen LogP contribution in [0.4, 0.5) is 26.3 Å². The summed E-state index contributed by atoms with van der Waals surface area (Å²) in [6, 6.07) is 8.45. The highest BCUT2D eigenvalue weighted by atomic mass is 19.4. The lowest BCUT2D eigenvalue weighted by Gasteiger charge is -2.35. The third kappa shape index (κ3) is 5.75. The van der Waals surface area contributed by atoms with Crippen LogP contribution in [-0.2, 0) is 13.5 Å². The number of likely N-dealkylation sites (tertiary alicyclic amines) is 1. The van der Waals surface area contributed by atoms with E-state index in [4.69, 9.17) is 4.98 Å². The molecular formula is C27H27F6N5O. The van der Waals surface area contributed by atoms with Crippen molar-refractivity contribution in [3.8, 4) is 22.8 Å². The Balaban J connectivity index is 1.49. The van der Waals surface area contributed by atoms with Crippen molar-refractivity contribution in [2.24, 2.45) is 7.05 Å². The summed E-state index contributed by atoms with van der Waals surface area (Å²) in [5.74, 6) is -4.17. The van der Waals surface area contributed by atoms with E-state index in [1.807, 2.05) is 31.0 Å². The van der Waals surface area contributed by atoms with Gasteiger partial charge in [0.15, 0.2) is 17.4 Å². The van der Waals surface area contributed by atoms with Gasteiger partial charge in [-0.15, -0.1) is 13.2 Å². The predicted molar refractivity (Wildman–Crippen MR) is 133 cm³/mol. The van der Waals surface area contributed by atoms with Gasteiger partial charge in [0.05, 0.1) is 12.2 Å². The summed E-state index contributed by atoms with van der Waals surface area (Å²) in [4.78, 5) is 6.53. The third-order valence-corrected chi connectivity index (χ3v) is 7.17. The molecule has 3 aromatic heterocycles. The number of hydrogen-bond acceptors (Lipinski definition) is 4. The number of rotatable bonds is 7. The lowest BCUT2D eigenvalue weighted by Crippen LogP contribution is -2.43. The molecule has 0 atom stereocenters. The summed E-state index contributed by atoms with van der Waals surface area (Å²) in [5, 5.41) is 5.27. The third-order valence-electron chi connectivity index (χ3n) is 7.17. The van der Waals surface area contributed by atoms with Gasteiger partial charge in [-0.05, 0) is 62.6 Å². The van der Waals surface area contributed by atoms with Gasteiger partial charge in [-0.25, -0.2) is 18.2 Å². The highest BCUT2D eigenvalue weighted by Crippen LogP contribution is 2.35. The van der Waals surface area contributed by atoms with Gasteiger partial charge in [0.1, 0.15) is 5.65 Å². The predicted octanol–water partition coefficient (Wildman–Crippen LogP) is 6.52. The highest BCUT2D eigenvalue weighted by molar-refractivity contribution is 5.84. The van der Waals surface area contributed by atoms with Crippen molar-refractivity contribution in [1.29, 1.82) is 0 Å². The van der Waals surface area contributed by atoms with Crippen LogP contribution in [0.3, 0.4) is 0 Å². The Morgan fingerprint density at radius 2 is 1.85 bits per heavy atom. The Hall–Kier alpha value is -3.54. The first-order valence-electron chi connectivity index (χ1n) is 12.4. The SMILES string of the molecule is Cn1ccc(-n2cc(CCC(C)(C)N3CCC(F)(F)C3)c3ccc(-c4ccc(OC(F)(F)F)c(F)c4)nc32)n1. The lowest BCUT2D eigenvalue weighted by molar-refractivity contribution is -0.275. The first kappa shape index (κ1) is 27.0. The van der Waals surface area contributed by atoms with Crippen LogP contribution in [0.5, 0.6) is 5.75 Å². The smallest absolute Gasteiger partial charge is 0.403 e. The van der Waals surface area contributed by atoms with Gasteiger partial charge in [0, 0.05) is 55.0 Å². The average molecular weight is 552 g/mol. The highest BCUT2D eigenvalue weighted by Gasteiger charge is 2.43. The number of pyridine rings is 1. The molecule has 1 aromatic carbocycles. The lowest BCUT2D eigenvalue weighted by atomic mass is 9.93. The van der Waals surface area contributed by atoms with Crippen molar-refractivity contribution >= 4 is 11.0 Å². The number of hydrogen-bond donors (Lipinski definition) is 0. The van der Waals surface area contributed by atoms with Crippen molar-refractivity contribution in [1.82, 2.24) is 24.2 Å². The van der Waals surface area contributed by atoms with Gasteiger partial charge in [0.25, 0.3) is 5.92 Å². The second-order valence-corrected chi connectivity index (χ2v) is 10.5. The van der Waals surface area contributed by atoms with Crippen LogP contribution in [0.25, 0.3) is 28.1 Å². The zero-order chi connectivity index (χ0) is 28.2. The minimum Gasteiger partial charge on any atom is -0.403 e. The maximum Gasteiger partial charge on any atom is 0.573 e. The number of benzene rings is 1. The van der Waals surface area contributed by atoms with Gasteiger partial charge in [0.2, 0.25) is 0 Å². The maximum atomic E-state index is 14.4. The van der Waals surface area contributed by atoms with Crippen LogP contribution in [-0.4, -0.2) is 55.1 Å². The van der Waals surface area contributed by atoms with E-state index in [1.165, 1.54) is 6.07 Å². The number of alkyl halides is 5. The van der Waals surface area contributed by atoms with Gasteiger partial charge >= 0.3 is 6.36 Å². The molecule has 4 aromatic rings. The Morgan fingerprint density at radius 1 is 1.08 bits per heavy atom. The quantitative estimate of drug-likeness (QED) is 0.246. The molecule has 0 unspecified atom stereocenters. The number of fused-ring (bicyclic) bond motifs is 1. The molecule has 1 aliphatic rings. The summed E-state index contributed by atoms with van der Waals surface area (Å²) in [5.41, 5.74) is 1.64. The number of nitrogens with zero attached hydrogens (tertiary/aromatic N) is 5. The topological polar surface area (TPSA) is 48.1 Å². The molecule has 0 aliphatic carbocycles. The van der Waals surface area contributed by atoms with E-state index in [1.54, 1.807) is 34.6 Å². The zero-order valence-corrected chi connectivity index (χ0v) is 21.6. The summed E-state index contributed by atoms with van der Waals surface area (Å²) in [7, 11) is 1.77. The van der Waals surface area contributed by atoms with Gasteiger partial charge in [-0.3, -0.25) is 14.1 Å². The molecule has 208 valence electrons. The summed E-state index contributed by atoms with van der Waals surface area (Å²) in [6.45, 7) is 4.00. The Morgan fingerprint density at radius 3 is 2.46 bits per heavy atom. The average Bonchev–Trinajstić information content (AvgIpc) is 3.54. The number of ether oxygens (including phenoxy) is 1. The van der Waals surface area contributed by atoms with Gasteiger partial charge < -0.3 is 4.74 Å². The number of aromatic nitrogens is 4. The van der Waals surface area contributed by atoms with Crippen LogP contribution in [0.2, 0.25) is 0 Å². The molecule has 39 heavy (non-hydrogen) atoms. The van der Waals surface area contributed by atoms with Gasteiger partial charge in [-0.1, -0.05) is 0 Å². The van der Waals surface area contributed by atoms with Crippen LogP contribution in [0, 0.1) is 5.82 Å². The number of halogens is 6. The second kappa shape index (κ2) is 9.58. The van der Waals surface area contributed by atoms with Gasteiger partial charge in [-0.2, -0.15) is 5.10 Å². The van der Waals surface area contributed by atoms with Crippen LogP contribution < -0.4 is 4.74 Å². The van der Waals surface area contributed by atoms with E-state index in [2.05, 4.69) is 9.84 Å². The summed E-state index contributed by atoms with van der Waals surface area (Å²) in [6.07, 6.45) is -0.270. The maximum absolute atomic E-state index is 14.4. The van der Waals surface area contributed by atoms with Crippen molar-refractivity contribution in [3.05, 3.63) is 60.2 Å². The fraction of sp³-hybridized carbons (Fsp3) is 0.407. The molecule has 0 saturated carbocycles. The fourth-order valence-corrected chi connectivity index (χ4v) is 4.95. The van der Waals surface area contributed by atoms with E-state index in [0.29, 0.717) is 36.5 Å². The molecule has 0 spiro atoms. The van der Waals surface area contributed by atoms with Crippen LogP contribution in [0.15, 0.2) is 48.8 Å². The monoisotopic (exact) mass is 551 g/mol. The van der Waals surface area contributed by atoms with Crippen molar-refractivity contribution in [2.75, 3.05) is 13.1 Å². The number of aryl methyl sites for hydroxylation is 2. The molecule has 0 radical (unpaired) electrons. The zero-order valence-electron chi connectivity index (χ0n) is 21.6. The summed E-state index contributed by atoms with van der Waals surface area (Å²) >= 11 is 0. The first-order chi connectivity index (χ1) is 18.2. The molecule has 5 rings (SSSR count). The normalized spacial score (nSPS) is 16.3. The van der Waals surface area contributed by atoms with Crippen molar-refractivity contribution < 1.29 is 31.1 Å². The molecule has 1 aliphatic heterocycles.